The predicted molar refractivity (Wildman–Crippen MR) is 90.6 cm³/mol. The van der Waals surface area contributed by atoms with E-state index in [1.165, 1.54) is 0 Å². The Balaban J connectivity index is 1.51. The molecule has 7 heteroatoms. The summed E-state index contributed by atoms with van der Waals surface area (Å²) < 4.78 is 0. The molecule has 0 radical (unpaired) electrons. The summed E-state index contributed by atoms with van der Waals surface area (Å²) in [5.41, 5.74) is 2.77. The van der Waals surface area contributed by atoms with Crippen molar-refractivity contribution in [3.05, 3.63) is 34.9 Å². The molecular weight excluding hydrogens is 320 g/mol. The highest BCUT2D eigenvalue weighted by atomic mass is 16.2. The highest BCUT2D eigenvalue weighted by Crippen LogP contribution is 2.29. The number of nitrogens with zero attached hydrogens (tertiary/aromatic N) is 1. The number of nitrogens with one attached hydrogen (secondary N) is 3. The molecule has 1 aromatic rings. The average Bonchev–Trinajstić information content (AvgIpc) is 3.22. The summed E-state index contributed by atoms with van der Waals surface area (Å²) in [6.45, 7) is 3.15. The number of fused-ring (bicyclic) bond motifs is 1. The number of hydrogen-bond donors (Lipinski definition) is 3. The van der Waals surface area contributed by atoms with Crippen LogP contribution in [0.3, 0.4) is 0 Å². The standard InChI is InChI=1S/C18H22N4O3/c23-16-5-4-15(17(24)21-16)22-10-14-11(2-1-3-13(14)18(22)25)8-20-12-6-7-19-9-12/h1-3,12,15,19-20H,4-10H2,(H,21,23,24). The second kappa shape index (κ2) is 6.57. The van der Waals surface area contributed by atoms with Crippen molar-refractivity contribution in [2.24, 2.45) is 0 Å². The van der Waals surface area contributed by atoms with Gasteiger partial charge in [-0.25, -0.2) is 0 Å². The minimum atomic E-state index is -0.558. The second-order valence-electron chi connectivity index (χ2n) is 6.91. The number of hydrogen-bond acceptors (Lipinski definition) is 5. The molecule has 4 rings (SSSR count). The van der Waals surface area contributed by atoms with Crippen LogP contribution in [0.15, 0.2) is 18.2 Å². The van der Waals surface area contributed by atoms with Crippen molar-refractivity contribution in [3.8, 4) is 0 Å². The normalized spacial score (nSPS) is 26.1. The van der Waals surface area contributed by atoms with Gasteiger partial charge in [-0.15, -0.1) is 0 Å². The molecule has 0 saturated carbocycles. The molecule has 7 nitrogen and oxygen atoms in total. The van der Waals surface area contributed by atoms with Gasteiger partial charge in [0.2, 0.25) is 11.8 Å². The van der Waals surface area contributed by atoms with E-state index in [-0.39, 0.29) is 24.1 Å². The van der Waals surface area contributed by atoms with Crippen LogP contribution in [0.4, 0.5) is 0 Å². The Morgan fingerprint density at radius 3 is 2.84 bits per heavy atom. The first kappa shape index (κ1) is 16.2. The van der Waals surface area contributed by atoms with Crippen LogP contribution in [0.5, 0.6) is 0 Å². The van der Waals surface area contributed by atoms with Gasteiger partial charge >= 0.3 is 0 Å². The lowest BCUT2D eigenvalue weighted by Crippen LogP contribution is -2.52. The van der Waals surface area contributed by atoms with Crippen molar-refractivity contribution < 1.29 is 14.4 Å². The third-order valence-corrected chi connectivity index (χ3v) is 5.32. The van der Waals surface area contributed by atoms with Crippen LogP contribution < -0.4 is 16.0 Å². The Kier molecular flexibility index (Phi) is 4.27. The van der Waals surface area contributed by atoms with Crippen LogP contribution in [0, 0.1) is 0 Å². The summed E-state index contributed by atoms with van der Waals surface area (Å²) in [6.07, 6.45) is 1.78. The number of piperidine rings is 1. The molecule has 1 aromatic carbocycles. The first-order valence-corrected chi connectivity index (χ1v) is 8.83. The number of rotatable bonds is 4. The summed E-state index contributed by atoms with van der Waals surface area (Å²) in [5, 5.41) is 9.20. The van der Waals surface area contributed by atoms with Crippen molar-refractivity contribution in [3.63, 3.8) is 0 Å². The van der Waals surface area contributed by atoms with E-state index in [4.69, 9.17) is 0 Å². The van der Waals surface area contributed by atoms with Gasteiger partial charge in [0.25, 0.3) is 5.91 Å². The van der Waals surface area contributed by atoms with E-state index >= 15 is 0 Å². The highest BCUT2D eigenvalue weighted by molar-refractivity contribution is 6.05. The second-order valence-corrected chi connectivity index (χ2v) is 6.91. The molecule has 3 N–H and O–H groups in total. The van der Waals surface area contributed by atoms with E-state index in [1.54, 1.807) is 4.90 Å². The molecule has 2 unspecified atom stereocenters. The lowest BCUT2D eigenvalue weighted by Gasteiger charge is -2.29. The van der Waals surface area contributed by atoms with Crippen LogP contribution >= 0.6 is 0 Å². The molecule has 0 bridgehead atoms. The van der Waals surface area contributed by atoms with Crippen molar-refractivity contribution >= 4 is 17.7 Å². The Bertz CT molecular complexity index is 727. The molecule has 3 heterocycles. The highest BCUT2D eigenvalue weighted by Gasteiger charge is 2.39. The molecule has 2 fully saturated rings. The SMILES string of the molecule is O=C1CCC(N2Cc3c(CNC4CCNC4)cccc3C2=O)C(=O)N1. The molecule has 132 valence electrons. The number of amides is 3. The van der Waals surface area contributed by atoms with E-state index in [2.05, 4.69) is 16.0 Å². The topological polar surface area (TPSA) is 90.5 Å². The Labute approximate surface area is 146 Å². The first-order valence-electron chi connectivity index (χ1n) is 8.83. The van der Waals surface area contributed by atoms with Gasteiger partial charge in [0.15, 0.2) is 0 Å². The minimum absolute atomic E-state index is 0.117. The zero-order chi connectivity index (χ0) is 17.4. The monoisotopic (exact) mass is 342 g/mol. The molecule has 0 aliphatic carbocycles. The largest absolute Gasteiger partial charge is 0.322 e. The Hall–Kier alpha value is -2.25. The molecule has 0 aromatic heterocycles. The van der Waals surface area contributed by atoms with Crippen molar-refractivity contribution in [1.29, 1.82) is 0 Å². The first-order chi connectivity index (χ1) is 12.1. The van der Waals surface area contributed by atoms with Crippen molar-refractivity contribution in [2.45, 2.75) is 44.4 Å². The van der Waals surface area contributed by atoms with Crippen molar-refractivity contribution in [1.82, 2.24) is 20.9 Å². The molecule has 3 amide bonds. The third kappa shape index (κ3) is 3.05. The van der Waals surface area contributed by atoms with Crippen LogP contribution in [-0.4, -0.2) is 47.8 Å². The summed E-state index contributed by atoms with van der Waals surface area (Å²) in [6, 6.07) is 5.66. The molecule has 2 atom stereocenters. The summed E-state index contributed by atoms with van der Waals surface area (Å²) in [5.74, 6) is -0.747. The van der Waals surface area contributed by atoms with E-state index in [9.17, 15) is 14.4 Å². The zero-order valence-corrected chi connectivity index (χ0v) is 14.0. The Morgan fingerprint density at radius 2 is 2.08 bits per heavy atom. The van der Waals surface area contributed by atoms with E-state index < -0.39 is 6.04 Å². The summed E-state index contributed by atoms with van der Waals surface area (Å²) in [7, 11) is 0. The zero-order valence-electron chi connectivity index (χ0n) is 14.0. The van der Waals surface area contributed by atoms with Gasteiger partial charge in [0.1, 0.15) is 6.04 Å². The quantitative estimate of drug-likeness (QED) is 0.665. The maximum absolute atomic E-state index is 12.8. The van der Waals surface area contributed by atoms with Gasteiger partial charge in [-0.2, -0.15) is 0 Å². The van der Waals surface area contributed by atoms with Crippen LogP contribution in [0.25, 0.3) is 0 Å². The molecule has 25 heavy (non-hydrogen) atoms. The third-order valence-electron chi connectivity index (χ3n) is 5.32. The molecule has 2 saturated heterocycles. The van der Waals surface area contributed by atoms with Gasteiger partial charge in [0, 0.05) is 37.7 Å². The molecular formula is C18H22N4O3. The summed E-state index contributed by atoms with van der Waals surface area (Å²) in [4.78, 5) is 37.8. The van der Waals surface area contributed by atoms with E-state index in [0.29, 0.717) is 31.1 Å². The van der Waals surface area contributed by atoms with Crippen molar-refractivity contribution in [2.75, 3.05) is 13.1 Å². The average molecular weight is 342 g/mol. The van der Waals surface area contributed by atoms with E-state index in [0.717, 1.165) is 30.6 Å². The van der Waals surface area contributed by atoms with Gasteiger partial charge in [-0.05, 0) is 36.6 Å². The fourth-order valence-electron chi connectivity index (χ4n) is 3.90. The minimum Gasteiger partial charge on any atom is -0.322 e. The molecule has 3 aliphatic heterocycles. The van der Waals surface area contributed by atoms with Gasteiger partial charge < -0.3 is 15.5 Å². The number of carbonyl (C=O) groups is 3. The molecule has 3 aliphatic rings. The fraction of sp³-hybridized carbons (Fsp3) is 0.500. The fourth-order valence-corrected chi connectivity index (χ4v) is 3.90. The number of carbonyl (C=O) groups excluding carboxylic acids is 3. The maximum atomic E-state index is 12.8. The lowest BCUT2D eigenvalue weighted by molar-refractivity contribution is -0.136. The summed E-state index contributed by atoms with van der Waals surface area (Å²) >= 11 is 0. The van der Waals surface area contributed by atoms with Crippen LogP contribution in [0.2, 0.25) is 0 Å². The van der Waals surface area contributed by atoms with E-state index in [1.807, 2.05) is 18.2 Å². The van der Waals surface area contributed by atoms with Crippen LogP contribution in [0.1, 0.15) is 40.7 Å². The maximum Gasteiger partial charge on any atom is 0.255 e. The van der Waals surface area contributed by atoms with Gasteiger partial charge in [-0.1, -0.05) is 12.1 Å². The predicted octanol–water partition coefficient (Wildman–Crippen LogP) is -0.101. The smallest absolute Gasteiger partial charge is 0.255 e. The van der Waals surface area contributed by atoms with Crippen LogP contribution in [-0.2, 0) is 22.7 Å². The lowest BCUT2D eigenvalue weighted by atomic mass is 10.0. The molecule has 0 spiro atoms. The number of imide groups is 1. The van der Waals surface area contributed by atoms with Gasteiger partial charge in [-0.3, -0.25) is 19.7 Å². The Morgan fingerprint density at radius 1 is 1.20 bits per heavy atom. The number of benzene rings is 1. The van der Waals surface area contributed by atoms with Gasteiger partial charge in [0.05, 0.1) is 0 Å².